The van der Waals surface area contributed by atoms with E-state index in [4.69, 9.17) is 4.74 Å². The summed E-state index contributed by atoms with van der Waals surface area (Å²) in [4.78, 5) is 15.1. The minimum atomic E-state index is -0.581. The molecule has 114 valence electrons. The third-order valence-electron chi connectivity index (χ3n) is 4.87. The predicted molar refractivity (Wildman–Crippen MR) is 82.3 cm³/mol. The Morgan fingerprint density at radius 3 is 3.00 bits per heavy atom. The number of nitrogens with one attached hydrogen (secondary N) is 1. The fourth-order valence-electron chi connectivity index (χ4n) is 3.81. The summed E-state index contributed by atoms with van der Waals surface area (Å²) in [5, 5.41) is 3.42. The SMILES string of the molecule is COC(=O)C1(N2CCCNCC2)CCc2ccc(C)cc21. The quantitative estimate of drug-likeness (QED) is 0.840. The second-order valence-electron chi connectivity index (χ2n) is 6.10. The van der Waals surface area contributed by atoms with Gasteiger partial charge in [-0.2, -0.15) is 0 Å². The minimum Gasteiger partial charge on any atom is -0.467 e. The van der Waals surface area contributed by atoms with Gasteiger partial charge in [-0.3, -0.25) is 4.90 Å². The molecule has 21 heavy (non-hydrogen) atoms. The third-order valence-corrected chi connectivity index (χ3v) is 4.87. The molecule has 0 saturated carbocycles. The summed E-state index contributed by atoms with van der Waals surface area (Å²) in [6.07, 6.45) is 2.85. The molecule has 1 unspecified atom stereocenters. The molecule has 4 nitrogen and oxygen atoms in total. The number of hydrogen-bond donors (Lipinski definition) is 1. The molecule has 0 spiro atoms. The van der Waals surface area contributed by atoms with Crippen LogP contribution in [0.25, 0.3) is 0 Å². The molecule has 0 bridgehead atoms. The number of benzene rings is 1. The highest BCUT2D eigenvalue weighted by atomic mass is 16.5. The Kier molecular flexibility index (Phi) is 4.00. The monoisotopic (exact) mass is 288 g/mol. The number of carbonyl (C=O) groups excluding carboxylic acids is 1. The van der Waals surface area contributed by atoms with E-state index in [0.717, 1.165) is 51.0 Å². The molecule has 2 aliphatic rings. The topological polar surface area (TPSA) is 41.6 Å². The minimum absolute atomic E-state index is 0.103. The second-order valence-corrected chi connectivity index (χ2v) is 6.10. The fourth-order valence-corrected chi connectivity index (χ4v) is 3.81. The standard InChI is InChI=1S/C17H24N2O2/c1-13-4-5-14-6-7-17(15(14)12-13,16(20)21-2)19-10-3-8-18-9-11-19/h4-5,12,18H,3,6-11H2,1-2H3. The summed E-state index contributed by atoms with van der Waals surface area (Å²) in [5.41, 5.74) is 3.08. The second kappa shape index (κ2) is 5.78. The molecule has 3 rings (SSSR count). The molecular formula is C17H24N2O2. The van der Waals surface area contributed by atoms with Gasteiger partial charge in [0.05, 0.1) is 7.11 Å². The van der Waals surface area contributed by atoms with Crippen LogP contribution in [0.15, 0.2) is 18.2 Å². The molecule has 1 N–H and O–H groups in total. The van der Waals surface area contributed by atoms with Crippen molar-refractivity contribution in [1.29, 1.82) is 0 Å². The first-order valence-electron chi connectivity index (χ1n) is 7.82. The largest absolute Gasteiger partial charge is 0.467 e. The Balaban J connectivity index is 2.07. The first-order chi connectivity index (χ1) is 10.2. The van der Waals surface area contributed by atoms with Crippen LogP contribution >= 0.6 is 0 Å². The lowest BCUT2D eigenvalue weighted by molar-refractivity contribution is -0.156. The lowest BCUT2D eigenvalue weighted by Crippen LogP contribution is -2.52. The molecule has 1 atom stereocenters. The van der Waals surface area contributed by atoms with Crippen molar-refractivity contribution >= 4 is 5.97 Å². The van der Waals surface area contributed by atoms with Crippen molar-refractivity contribution in [3.63, 3.8) is 0 Å². The number of ether oxygens (including phenoxy) is 1. The van der Waals surface area contributed by atoms with Crippen molar-refractivity contribution in [2.75, 3.05) is 33.3 Å². The maximum Gasteiger partial charge on any atom is 0.330 e. The number of hydrogen-bond acceptors (Lipinski definition) is 4. The van der Waals surface area contributed by atoms with Gasteiger partial charge in [-0.05, 0) is 43.9 Å². The van der Waals surface area contributed by atoms with Gasteiger partial charge in [-0.25, -0.2) is 4.79 Å². The van der Waals surface area contributed by atoms with Gasteiger partial charge in [0.2, 0.25) is 0 Å². The molecule has 1 fully saturated rings. The zero-order chi connectivity index (χ0) is 14.9. The fraction of sp³-hybridized carbons (Fsp3) is 0.588. The Hall–Kier alpha value is -1.39. The summed E-state index contributed by atoms with van der Waals surface area (Å²) in [6, 6.07) is 6.49. The van der Waals surface area contributed by atoms with Gasteiger partial charge in [-0.15, -0.1) is 0 Å². The highest BCUT2D eigenvalue weighted by molar-refractivity contribution is 5.84. The van der Waals surface area contributed by atoms with Gasteiger partial charge < -0.3 is 10.1 Å². The summed E-state index contributed by atoms with van der Waals surface area (Å²) < 4.78 is 5.23. The van der Waals surface area contributed by atoms with E-state index >= 15 is 0 Å². The average molecular weight is 288 g/mol. The highest BCUT2D eigenvalue weighted by Gasteiger charge is 2.50. The summed E-state index contributed by atoms with van der Waals surface area (Å²) in [5.74, 6) is -0.103. The molecular weight excluding hydrogens is 264 g/mol. The van der Waals surface area contributed by atoms with Crippen molar-refractivity contribution in [1.82, 2.24) is 10.2 Å². The average Bonchev–Trinajstić information content (AvgIpc) is 2.69. The summed E-state index contributed by atoms with van der Waals surface area (Å²) in [7, 11) is 1.51. The zero-order valence-corrected chi connectivity index (χ0v) is 12.9. The molecule has 4 heteroatoms. The van der Waals surface area contributed by atoms with E-state index in [1.807, 2.05) is 0 Å². The predicted octanol–water partition coefficient (Wildman–Crippen LogP) is 1.60. The Labute approximate surface area is 126 Å². The first-order valence-corrected chi connectivity index (χ1v) is 7.82. The maximum atomic E-state index is 12.7. The number of carbonyl (C=O) groups is 1. The van der Waals surface area contributed by atoms with E-state index in [1.54, 1.807) is 0 Å². The molecule has 0 radical (unpaired) electrons. The smallest absolute Gasteiger partial charge is 0.330 e. The number of fused-ring (bicyclic) bond motifs is 1. The van der Waals surface area contributed by atoms with Gasteiger partial charge in [0, 0.05) is 19.6 Å². The van der Waals surface area contributed by atoms with E-state index in [-0.39, 0.29) is 5.97 Å². The van der Waals surface area contributed by atoms with E-state index in [9.17, 15) is 4.79 Å². The molecule has 1 heterocycles. The van der Waals surface area contributed by atoms with Crippen LogP contribution in [0.5, 0.6) is 0 Å². The van der Waals surface area contributed by atoms with Crippen LogP contribution in [0, 0.1) is 6.92 Å². The Bertz CT molecular complexity index is 536. The zero-order valence-electron chi connectivity index (χ0n) is 12.9. The summed E-state index contributed by atoms with van der Waals surface area (Å²) >= 11 is 0. The van der Waals surface area contributed by atoms with Crippen molar-refractivity contribution in [3.05, 3.63) is 34.9 Å². The molecule has 1 aliphatic carbocycles. The van der Waals surface area contributed by atoms with Crippen molar-refractivity contribution in [3.8, 4) is 0 Å². The normalized spacial score (nSPS) is 26.2. The van der Waals surface area contributed by atoms with Gasteiger partial charge >= 0.3 is 5.97 Å². The van der Waals surface area contributed by atoms with Gasteiger partial charge in [0.15, 0.2) is 0 Å². The number of aryl methyl sites for hydroxylation is 2. The van der Waals surface area contributed by atoms with Crippen LogP contribution in [-0.4, -0.2) is 44.2 Å². The molecule has 0 aromatic heterocycles. The number of rotatable bonds is 2. The first kappa shape index (κ1) is 14.5. The van der Waals surface area contributed by atoms with Crippen molar-refractivity contribution in [2.24, 2.45) is 0 Å². The van der Waals surface area contributed by atoms with Crippen molar-refractivity contribution in [2.45, 2.75) is 31.7 Å². The Morgan fingerprint density at radius 2 is 2.19 bits per heavy atom. The van der Waals surface area contributed by atoms with Gasteiger partial charge in [0.1, 0.15) is 5.54 Å². The molecule has 1 saturated heterocycles. The van der Waals surface area contributed by atoms with Crippen molar-refractivity contribution < 1.29 is 9.53 Å². The van der Waals surface area contributed by atoms with Crippen LogP contribution in [0.2, 0.25) is 0 Å². The van der Waals surface area contributed by atoms with Crippen LogP contribution in [0.1, 0.15) is 29.5 Å². The lowest BCUT2D eigenvalue weighted by Gasteiger charge is -2.39. The van der Waals surface area contributed by atoms with Gasteiger partial charge in [0.25, 0.3) is 0 Å². The molecule has 1 aromatic carbocycles. The lowest BCUT2D eigenvalue weighted by atomic mass is 9.88. The molecule has 0 amide bonds. The van der Waals surface area contributed by atoms with E-state index < -0.39 is 5.54 Å². The highest BCUT2D eigenvalue weighted by Crippen LogP contribution is 2.43. The van der Waals surface area contributed by atoms with Crippen LogP contribution < -0.4 is 5.32 Å². The van der Waals surface area contributed by atoms with Crippen LogP contribution in [0.3, 0.4) is 0 Å². The van der Waals surface area contributed by atoms with E-state index in [2.05, 4.69) is 35.3 Å². The van der Waals surface area contributed by atoms with Crippen LogP contribution in [0.4, 0.5) is 0 Å². The number of nitrogens with zero attached hydrogens (tertiary/aromatic N) is 1. The summed E-state index contributed by atoms with van der Waals surface area (Å²) in [6.45, 7) is 5.87. The Morgan fingerprint density at radius 1 is 1.33 bits per heavy atom. The van der Waals surface area contributed by atoms with Crippen LogP contribution in [-0.2, 0) is 21.5 Å². The van der Waals surface area contributed by atoms with E-state index in [0.29, 0.717) is 0 Å². The van der Waals surface area contributed by atoms with Gasteiger partial charge in [-0.1, -0.05) is 23.8 Å². The third kappa shape index (κ3) is 2.36. The number of methoxy groups -OCH3 is 1. The van der Waals surface area contributed by atoms with E-state index in [1.165, 1.54) is 18.2 Å². The molecule has 1 aromatic rings. The maximum absolute atomic E-state index is 12.7. The molecule has 1 aliphatic heterocycles. The number of esters is 1.